The van der Waals surface area contributed by atoms with Crippen LogP contribution < -0.4 is 5.32 Å². The number of fused-ring (bicyclic) bond motifs is 1. The van der Waals surface area contributed by atoms with E-state index >= 15 is 0 Å². The highest BCUT2D eigenvalue weighted by atomic mass is 35.5. The van der Waals surface area contributed by atoms with Gasteiger partial charge in [-0.1, -0.05) is 6.07 Å². The van der Waals surface area contributed by atoms with Gasteiger partial charge in [0.1, 0.15) is 4.90 Å². The molecule has 4 heterocycles. The van der Waals surface area contributed by atoms with Gasteiger partial charge in [0.15, 0.2) is 5.88 Å². The van der Waals surface area contributed by atoms with Gasteiger partial charge >= 0.3 is 0 Å². The fourth-order valence-electron chi connectivity index (χ4n) is 4.29. The van der Waals surface area contributed by atoms with E-state index < -0.39 is 10.0 Å². The number of thiophene rings is 1. The highest BCUT2D eigenvalue weighted by Crippen LogP contribution is 2.36. The second kappa shape index (κ2) is 11.2. The average Bonchev–Trinajstić information content (AvgIpc) is 3.50. The largest absolute Gasteiger partial charge is 0.494 e. The molecular weight excluding hydrogens is 534 g/mol. The summed E-state index contributed by atoms with van der Waals surface area (Å²) in [6.07, 6.45) is 2.08. The quantitative estimate of drug-likeness (QED) is 0.318. The van der Waals surface area contributed by atoms with Gasteiger partial charge in [0.25, 0.3) is 5.91 Å². The molecule has 0 radical (unpaired) electrons. The molecule has 196 valence electrons. The van der Waals surface area contributed by atoms with Crippen molar-refractivity contribution in [3.05, 3.63) is 64.5 Å². The molecule has 1 aliphatic rings. The Kier molecular flexibility index (Phi) is 8.20. The van der Waals surface area contributed by atoms with Crippen LogP contribution >= 0.6 is 23.7 Å². The van der Waals surface area contributed by atoms with Crippen LogP contribution in [-0.4, -0.2) is 78.4 Å². The molecule has 1 amide bonds. The number of hydrogen-bond donors (Lipinski definition) is 3. The van der Waals surface area contributed by atoms with E-state index in [1.165, 1.54) is 21.4 Å². The number of aromatic nitrogens is 2. The summed E-state index contributed by atoms with van der Waals surface area (Å²) >= 11 is 1.65. The summed E-state index contributed by atoms with van der Waals surface area (Å²) in [4.78, 5) is 23.4. The van der Waals surface area contributed by atoms with E-state index in [0.717, 1.165) is 6.42 Å². The summed E-state index contributed by atoms with van der Waals surface area (Å²) in [6.45, 7) is 2.74. The fraction of sp³-hybridized carbons (Fsp3) is 0.280. The average molecular weight is 562 g/mol. The lowest BCUT2D eigenvalue weighted by molar-refractivity contribution is 0.0954. The highest BCUT2D eigenvalue weighted by molar-refractivity contribution is 7.89. The molecule has 0 unspecified atom stereocenters. The molecule has 9 nitrogen and oxygen atoms in total. The van der Waals surface area contributed by atoms with Crippen molar-refractivity contribution in [2.45, 2.75) is 11.3 Å². The van der Waals surface area contributed by atoms with Crippen molar-refractivity contribution in [1.29, 1.82) is 0 Å². The molecule has 4 aromatic rings. The molecule has 1 fully saturated rings. The van der Waals surface area contributed by atoms with Crippen LogP contribution in [0, 0.1) is 0 Å². The van der Waals surface area contributed by atoms with Crippen LogP contribution in [0.25, 0.3) is 22.2 Å². The first-order valence-electron chi connectivity index (χ1n) is 11.6. The predicted molar refractivity (Wildman–Crippen MR) is 147 cm³/mol. The number of pyridine rings is 1. The van der Waals surface area contributed by atoms with Crippen molar-refractivity contribution in [2.24, 2.45) is 0 Å². The van der Waals surface area contributed by atoms with Gasteiger partial charge in [0, 0.05) is 60.3 Å². The van der Waals surface area contributed by atoms with Crippen molar-refractivity contribution in [3.8, 4) is 17.1 Å². The number of aromatic hydroxyl groups is 1. The zero-order chi connectivity index (χ0) is 25.3. The molecule has 1 aromatic carbocycles. The molecule has 0 bridgehead atoms. The minimum Gasteiger partial charge on any atom is -0.494 e. The van der Waals surface area contributed by atoms with Crippen molar-refractivity contribution >= 4 is 50.6 Å². The molecule has 0 spiro atoms. The Bertz CT molecular complexity index is 1480. The van der Waals surface area contributed by atoms with Gasteiger partial charge in [-0.25, -0.2) is 8.42 Å². The van der Waals surface area contributed by atoms with E-state index in [4.69, 9.17) is 0 Å². The number of hydrogen-bond acceptors (Lipinski definition) is 7. The first kappa shape index (κ1) is 27.1. The van der Waals surface area contributed by atoms with Gasteiger partial charge < -0.3 is 20.3 Å². The molecule has 5 rings (SSSR count). The summed E-state index contributed by atoms with van der Waals surface area (Å²) in [6, 6.07) is 12.2. The van der Waals surface area contributed by atoms with E-state index in [1.54, 1.807) is 35.6 Å². The number of piperazine rings is 1. The monoisotopic (exact) mass is 561 g/mol. The Morgan fingerprint density at radius 2 is 1.95 bits per heavy atom. The van der Waals surface area contributed by atoms with Crippen LogP contribution in [0.1, 0.15) is 15.2 Å². The zero-order valence-corrected chi connectivity index (χ0v) is 22.6. The topological polar surface area (TPSA) is 119 Å². The van der Waals surface area contributed by atoms with Gasteiger partial charge in [-0.2, -0.15) is 4.31 Å². The van der Waals surface area contributed by atoms with Crippen LogP contribution in [0.2, 0.25) is 0 Å². The lowest BCUT2D eigenvalue weighted by atomic mass is 10.1. The van der Waals surface area contributed by atoms with E-state index in [0.29, 0.717) is 60.4 Å². The third-order valence-corrected chi connectivity index (χ3v) is 9.19. The maximum absolute atomic E-state index is 13.0. The zero-order valence-electron chi connectivity index (χ0n) is 20.2. The fourth-order valence-corrected chi connectivity index (χ4v) is 6.37. The molecule has 0 atom stereocenters. The number of benzene rings is 1. The Hall–Kier alpha value is -2.96. The Morgan fingerprint density at radius 3 is 2.62 bits per heavy atom. The van der Waals surface area contributed by atoms with Crippen LogP contribution in [0.3, 0.4) is 0 Å². The minimum absolute atomic E-state index is 0. The maximum atomic E-state index is 13.0. The smallest absolute Gasteiger partial charge is 0.251 e. The Labute approximate surface area is 225 Å². The summed E-state index contributed by atoms with van der Waals surface area (Å²) < 4.78 is 27.5. The highest BCUT2D eigenvalue weighted by Gasteiger charge is 2.28. The molecular formula is C25H28ClN5O4S2. The summed E-state index contributed by atoms with van der Waals surface area (Å²) in [5.41, 5.74) is 1.94. The van der Waals surface area contributed by atoms with Crippen LogP contribution in [0.5, 0.6) is 5.88 Å². The van der Waals surface area contributed by atoms with Crippen LogP contribution in [-0.2, 0) is 16.4 Å². The number of halogens is 1. The summed E-state index contributed by atoms with van der Waals surface area (Å²) in [5, 5.41) is 16.2. The third-order valence-electron chi connectivity index (χ3n) is 6.37. The Balaban J connectivity index is 0.00000320. The second-order valence-electron chi connectivity index (χ2n) is 8.78. The maximum Gasteiger partial charge on any atom is 0.251 e. The van der Waals surface area contributed by atoms with Crippen LogP contribution in [0.4, 0.5) is 0 Å². The number of aromatic amines is 1. The first-order chi connectivity index (χ1) is 17.3. The number of nitrogens with one attached hydrogen (secondary N) is 2. The van der Waals surface area contributed by atoms with E-state index in [2.05, 4.69) is 20.2 Å². The summed E-state index contributed by atoms with van der Waals surface area (Å²) in [5.74, 6) is -0.302. The number of carbonyl (C=O) groups excluding carboxylic acids is 1. The van der Waals surface area contributed by atoms with Crippen LogP contribution in [0.15, 0.2) is 58.9 Å². The molecule has 3 N–H and O–H groups in total. The number of amides is 1. The molecule has 0 aliphatic carbocycles. The number of rotatable bonds is 7. The van der Waals surface area contributed by atoms with Gasteiger partial charge in [0.2, 0.25) is 10.0 Å². The molecule has 1 aliphatic heterocycles. The van der Waals surface area contributed by atoms with Gasteiger partial charge in [-0.15, -0.1) is 23.7 Å². The van der Waals surface area contributed by atoms with Gasteiger partial charge in [0.05, 0.1) is 11.3 Å². The number of nitrogens with zero attached hydrogens (tertiary/aromatic N) is 3. The number of H-pyrrole nitrogens is 1. The molecule has 12 heteroatoms. The Morgan fingerprint density at radius 1 is 1.16 bits per heavy atom. The van der Waals surface area contributed by atoms with E-state index in [9.17, 15) is 18.3 Å². The number of sulfonamides is 1. The molecule has 0 saturated carbocycles. The van der Waals surface area contributed by atoms with Gasteiger partial charge in [-0.05, 0) is 55.2 Å². The normalized spacial score (nSPS) is 14.9. The van der Waals surface area contributed by atoms with Crippen molar-refractivity contribution < 1.29 is 18.3 Å². The lowest BCUT2D eigenvalue weighted by Gasteiger charge is -2.31. The molecule has 37 heavy (non-hydrogen) atoms. The number of likely N-dealkylation sites (N-methyl/N-ethyl adjacent to an activating group) is 1. The van der Waals surface area contributed by atoms with E-state index in [1.807, 2.05) is 24.6 Å². The third kappa shape index (κ3) is 5.65. The standard InChI is InChI=1S/C25H27N5O4S2.ClH/c1-29-10-12-30(13-11-29)36(33,34)19-5-7-22(27-16-19)23-20-15-17(4-6-21(20)28-25(23)32)24(31)26-9-8-18-3-2-14-35-18;/h2-7,14-16,28,32H,8-13H2,1H3,(H,26,31);1H. The van der Waals surface area contributed by atoms with Crippen molar-refractivity contribution in [3.63, 3.8) is 0 Å². The first-order valence-corrected chi connectivity index (χ1v) is 14.0. The number of carbonyl (C=O) groups is 1. The van der Waals surface area contributed by atoms with Gasteiger partial charge in [-0.3, -0.25) is 9.78 Å². The minimum atomic E-state index is -3.65. The SMILES string of the molecule is CN1CCN(S(=O)(=O)c2ccc(-c3c(O)[nH]c4ccc(C(=O)NCCc5cccs5)cc34)nc2)CC1.Cl. The molecule has 1 saturated heterocycles. The predicted octanol–water partition coefficient (Wildman–Crippen LogP) is 3.33. The van der Waals surface area contributed by atoms with Crippen molar-refractivity contribution in [1.82, 2.24) is 24.5 Å². The molecule has 3 aromatic heterocycles. The lowest BCUT2D eigenvalue weighted by Crippen LogP contribution is -2.47. The summed E-state index contributed by atoms with van der Waals surface area (Å²) in [7, 11) is -1.68. The second-order valence-corrected chi connectivity index (χ2v) is 11.8. The van der Waals surface area contributed by atoms with Crippen molar-refractivity contribution in [2.75, 3.05) is 39.8 Å². The van der Waals surface area contributed by atoms with E-state index in [-0.39, 0.29) is 29.1 Å².